The summed E-state index contributed by atoms with van der Waals surface area (Å²) in [4.78, 5) is 8.78. The van der Waals surface area contributed by atoms with Gasteiger partial charge < -0.3 is 0 Å². The molecule has 0 saturated heterocycles. The Bertz CT molecular complexity index is 165. The number of hydrogen-bond donors (Lipinski definition) is 0. The van der Waals surface area contributed by atoms with Gasteiger partial charge in [-0.25, -0.2) is 0 Å². The largest absolute Gasteiger partial charge is 0.297 e. The summed E-state index contributed by atoms with van der Waals surface area (Å²) in [5.74, 6) is 0. The van der Waals surface area contributed by atoms with Crippen molar-refractivity contribution in [3.63, 3.8) is 0 Å². The Morgan fingerprint density at radius 1 is 0.647 bits per heavy atom. The molecule has 0 aromatic heterocycles. The van der Waals surface area contributed by atoms with Crippen LogP contribution in [-0.4, -0.2) is 25.5 Å². The standard InChI is InChI=1S/C15H30N2/c1-3-5-7-9-12-16-14-11-15-17-13-10-8-6-4-2/h12-13H,3-11,14-15H2,1-2H3/b16-12-,17-13+. The van der Waals surface area contributed by atoms with Crippen molar-refractivity contribution < 1.29 is 0 Å². The highest BCUT2D eigenvalue weighted by atomic mass is 14.7. The van der Waals surface area contributed by atoms with Gasteiger partial charge in [0.05, 0.1) is 0 Å². The molecule has 0 aromatic carbocycles. The first-order chi connectivity index (χ1) is 8.41. The van der Waals surface area contributed by atoms with Crippen LogP contribution in [0.2, 0.25) is 0 Å². The maximum Gasteiger partial charge on any atom is 0.0403 e. The fourth-order valence-corrected chi connectivity index (χ4v) is 1.59. The lowest BCUT2D eigenvalue weighted by Crippen LogP contribution is -1.88. The third-order valence-electron chi connectivity index (χ3n) is 2.71. The molecule has 0 aliphatic carbocycles. The third kappa shape index (κ3) is 15.3. The Morgan fingerprint density at radius 2 is 1.12 bits per heavy atom. The minimum atomic E-state index is 0.943. The summed E-state index contributed by atoms with van der Waals surface area (Å²) in [6.45, 7) is 6.35. The van der Waals surface area contributed by atoms with E-state index in [9.17, 15) is 0 Å². The summed E-state index contributed by atoms with van der Waals surface area (Å²) in [6, 6.07) is 0. The quantitative estimate of drug-likeness (QED) is 0.348. The highest BCUT2D eigenvalue weighted by Crippen LogP contribution is 1.97. The number of aliphatic imine (C=N–C) groups is 2. The fourth-order valence-electron chi connectivity index (χ4n) is 1.59. The lowest BCUT2D eigenvalue weighted by molar-refractivity contribution is 0.741. The van der Waals surface area contributed by atoms with E-state index in [1.165, 1.54) is 38.5 Å². The smallest absolute Gasteiger partial charge is 0.0403 e. The normalized spacial score (nSPS) is 11.9. The minimum Gasteiger partial charge on any atom is -0.297 e. The van der Waals surface area contributed by atoms with Crippen molar-refractivity contribution in [2.75, 3.05) is 13.1 Å². The van der Waals surface area contributed by atoms with Crippen LogP contribution in [0.25, 0.3) is 0 Å². The summed E-state index contributed by atoms with van der Waals surface area (Å²) < 4.78 is 0. The molecule has 0 bridgehead atoms. The van der Waals surface area contributed by atoms with Gasteiger partial charge >= 0.3 is 0 Å². The second-order valence-electron chi connectivity index (χ2n) is 4.52. The first-order valence-electron chi connectivity index (χ1n) is 7.38. The van der Waals surface area contributed by atoms with Crippen molar-refractivity contribution >= 4 is 12.4 Å². The van der Waals surface area contributed by atoms with Crippen LogP contribution in [-0.2, 0) is 0 Å². The summed E-state index contributed by atoms with van der Waals surface area (Å²) in [7, 11) is 0. The van der Waals surface area contributed by atoms with E-state index in [2.05, 4.69) is 36.3 Å². The van der Waals surface area contributed by atoms with Crippen molar-refractivity contribution in [1.29, 1.82) is 0 Å². The Kier molecular flexibility index (Phi) is 14.7. The maximum atomic E-state index is 4.39. The molecule has 0 rings (SSSR count). The zero-order chi connectivity index (χ0) is 12.6. The van der Waals surface area contributed by atoms with E-state index in [0.717, 1.165) is 32.4 Å². The van der Waals surface area contributed by atoms with Gasteiger partial charge in [0.25, 0.3) is 0 Å². The fraction of sp³-hybridized carbons (Fsp3) is 0.867. The SMILES string of the molecule is CCCCC/C=N\CCC/N=C/CCCCC. The molecule has 0 spiro atoms. The van der Waals surface area contributed by atoms with Crippen molar-refractivity contribution in [3.05, 3.63) is 0 Å². The molecule has 17 heavy (non-hydrogen) atoms. The lowest BCUT2D eigenvalue weighted by atomic mass is 10.2. The zero-order valence-electron chi connectivity index (χ0n) is 11.8. The average molecular weight is 238 g/mol. The van der Waals surface area contributed by atoms with Gasteiger partial charge in [0.2, 0.25) is 0 Å². The Labute approximate surface area is 108 Å². The van der Waals surface area contributed by atoms with E-state index in [4.69, 9.17) is 0 Å². The van der Waals surface area contributed by atoms with E-state index >= 15 is 0 Å². The monoisotopic (exact) mass is 238 g/mol. The summed E-state index contributed by atoms with van der Waals surface area (Å²) in [6.07, 6.45) is 15.4. The molecule has 0 aliphatic rings. The molecule has 0 radical (unpaired) electrons. The van der Waals surface area contributed by atoms with Gasteiger partial charge in [0, 0.05) is 13.1 Å². The van der Waals surface area contributed by atoms with Crippen molar-refractivity contribution in [2.24, 2.45) is 9.98 Å². The summed E-state index contributed by atoms with van der Waals surface area (Å²) in [5.41, 5.74) is 0. The molecule has 0 heterocycles. The lowest BCUT2D eigenvalue weighted by Gasteiger charge is -1.94. The second kappa shape index (κ2) is 15.3. The molecule has 0 amide bonds. The average Bonchev–Trinajstić information content (AvgIpc) is 2.35. The number of nitrogens with zero attached hydrogens (tertiary/aromatic N) is 2. The van der Waals surface area contributed by atoms with Crippen molar-refractivity contribution in [3.8, 4) is 0 Å². The molecular formula is C15H30N2. The van der Waals surface area contributed by atoms with E-state index in [1.807, 2.05) is 0 Å². The van der Waals surface area contributed by atoms with E-state index in [-0.39, 0.29) is 0 Å². The minimum absolute atomic E-state index is 0.943. The molecule has 0 unspecified atom stereocenters. The molecule has 0 aromatic rings. The van der Waals surface area contributed by atoms with E-state index in [0.29, 0.717) is 0 Å². The first-order valence-corrected chi connectivity index (χ1v) is 7.38. The Balaban J connectivity index is 3.11. The number of unbranched alkanes of at least 4 members (excludes halogenated alkanes) is 6. The van der Waals surface area contributed by atoms with Crippen LogP contribution in [0.5, 0.6) is 0 Å². The summed E-state index contributed by atoms with van der Waals surface area (Å²) >= 11 is 0. The topological polar surface area (TPSA) is 24.7 Å². The van der Waals surface area contributed by atoms with Gasteiger partial charge in [-0.3, -0.25) is 9.98 Å². The molecule has 0 fully saturated rings. The van der Waals surface area contributed by atoms with Gasteiger partial charge in [0.15, 0.2) is 0 Å². The van der Waals surface area contributed by atoms with Crippen LogP contribution in [0.15, 0.2) is 9.98 Å². The predicted octanol–water partition coefficient (Wildman–Crippen LogP) is 4.68. The highest BCUT2D eigenvalue weighted by molar-refractivity contribution is 5.57. The summed E-state index contributed by atoms with van der Waals surface area (Å²) in [5, 5.41) is 0. The van der Waals surface area contributed by atoms with Gasteiger partial charge in [-0.2, -0.15) is 0 Å². The van der Waals surface area contributed by atoms with Crippen molar-refractivity contribution in [2.45, 2.75) is 71.6 Å². The van der Waals surface area contributed by atoms with Crippen LogP contribution in [0.1, 0.15) is 71.6 Å². The molecule has 2 heteroatoms. The highest BCUT2D eigenvalue weighted by Gasteiger charge is 1.85. The van der Waals surface area contributed by atoms with E-state index < -0.39 is 0 Å². The van der Waals surface area contributed by atoms with Gasteiger partial charge in [-0.05, 0) is 44.5 Å². The van der Waals surface area contributed by atoms with Crippen molar-refractivity contribution in [1.82, 2.24) is 0 Å². The predicted molar refractivity (Wildman–Crippen MR) is 79.6 cm³/mol. The van der Waals surface area contributed by atoms with Gasteiger partial charge in [0.1, 0.15) is 0 Å². The third-order valence-corrected chi connectivity index (χ3v) is 2.71. The van der Waals surface area contributed by atoms with Crippen LogP contribution in [0.3, 0.4) is 0 Å². The van der Waals surface area contributed by atoms with Gasteiger partial charge in [-0.15, -0.1) is 0 Å². The number of rotatable bonds is 12. The zero-order valence-corrected chi connectivity index (χ0v) is 11.8. The Morgan fingerprint density at radius 3 is 1.53 bits per heavy atom. The van der Waals surface area contributed by atoms with Crippen LogP contribution >= 0.6 is 0 Å². The molecule has 0 aliphatic heterocycles. The molecule has 0 atom stereocenters. The van der Waals surface area contributed by atoms with Crippen LogP contribution in [0, 0.1) is 0 Å². The Hall–Kier alpha value is -0.660. The molecule has 0 N–H and O–H groups in total. The molecule has 100 valence electrons. The van der Waals surface area contributed by atoms with Crippen LogP contribution < -0.4 is 0 Å². The second-order valence-corrected chi connectivity index (χ2v) is 4.52. The molecule has 0 saturated carbocycles. The maximum absolute atomic E-state index is 4.39. The van der Waals surface area contributed by atoms with E-state index in [1.54, 1.807) is 0 Å². The first kappa shape index (κ1) is 16.3. The number of hydrogen-bond acceptors (Lipinski definition) is 2. The molecular weight excluding hydrogens is 208 g/mol. The van der Waals surface area contributed by atoms with Crippen LogP contribution in [0.4, 0.5) is 0 Å². The van der Waals surface area contributed by atoms with Gasteiger partial charge in [-0.1, -0.05) is 39.5 Å². The molecule has 2 nitrogen and oxygen atoms in total.